The first-order chi connectivity index (χ1) is 10.1. The van der Waals surface area contributed by atoms with Gasteiger partial charge in [-0.05, 0) is 58.4 Å². The first kappa shape index (κ1) is 14.6. The van der Waals surface area contributed by atoms with Gasteiger partial charge in [0.15, 0.2) is 0 Å². The van der Waals surface area contributed by atoms with Crippen molar-refractivity contribution in [2.24, 2.45) is 0 Å². The summed E-state index contributed by atoms with van der Waals surface area (Å²) in [7, 11) is 0. The molecule has 1 atom stereocenters. The Morgan fingerprint density at radius 2 is 2.10 bits per heavy atom. The molecule has 2 heterocycles. The molecule has 21 heavy (non-hydrogen) atoms. The molecule has 0 aliphatic heterocycles. The average molecular weight is 387 g/mol. The second kappa shape index (κ2) is 6.22. The van der Waals surface area contributed by atoms with Crippen molar-refractivity contribution in [3.8, 4) is 0 Å². The van der Waals surface area contributed by atoms with Crippen LogP contribution in [0.4, 0.5) is 10.1 Å². The molecule has 0 radical (unpaired) electrons. The Hall–Kier alpha value is -1.30. The molecule has 0 spiro atoms. The first-order valence-corrected chi connectivity index (χ1v) is 8.12. The third-order valence-corrected chi connectivity index (χ3v) is 4.89. The van der Waals surface area contributed by atoms with Crippen molar-refractivity contribution < 1.29 is 8.81 Å². The highest BCUT2D eigenvalue weighted by atomic mass is 79.9. The normalized spacial score (nSPS) is 12.3. The molecule has 0 aliphatic carbocycles. The van der Waals surface area contributed by atoms with Crippen LogP contribution >= 0.6 is 38.9 Å². The standard InChI is InChI=1S/C15H10BrClFNOS/c16-10-8-9(18)3-4-11(10)19-15(12-2-1-7-20-12)13-5-6-14(17)21-13/h1-8,15,19H. The van der Waals surface area contributed by atoms with Crippen molar-refractivity contribution in [3.63, 3.8) is 0 Å². The summed E-state index contributed by atoms with van der Waals surface area (Å²) in [5.74, 6) is 0.478. The molecule has 0 aliphatic rings. The quantitative estimate of drug-likeness (QED) is 0.586. The van der Waals surface area contributed by atoms with Gasteiger partial charge in [-0.25, -0.2) is 4.39 Å². The van der Waals surface area contributed by atoms with Gasteiger partial charge in [0.05, 0.1) is 10.6 Å². The van der Waals surface area contributed by atoms with Crippen molar-refractivity contribution in [2.45, 2.75) is 6.04 Å². The topological polar surface area (TPSA) is 25.2 Å². The maximum Gasteiger partial charge on any atom is 0.131 e. The number of halogens is 3. The smallest absolute Gasteiger partial charge is 0.131 e. The molecule has 0 saturated carbocycles. The fourth-order valence-electron chi connectivity index (χ4n) is 1.98. The Kier molecular flexibility index (Phi) is 4.33. The van der Waals surface area contributed by atoms with Gasteiger partial charge in [0.25, 0.3) is 0 Å². The van der Waals surface area contributed by atoms with E-state index in [9.17, 15) is 4.39 Å². The van der Waals surface area contributed by atoms with Crippen LogP contribution in [-0.2, 0) is 0 Å². The van der Waals surface area contributed by atoms with Crippen molar-refractivity contribution >= 4 is 44.6 Å². The van der Waals surface area contributed by atoms with Gasteiger partial charge >= 0.3 is 0 Å². The van der Waals surface area contributed by atoms with Gasteiger partial charge in [0.2, 0.25) is 0 Å². The van der Waals surface area contributed by atoms with Gasteiger partial charge in [-0.15, -0.1) is 11.3 Å². The lowest BCUT2D eigenvalue weighted by molar-refractivity contribution is 0.500. The van der Waals surface area contributed by atoms with E-state index in [1.54, 1.807) is 12.3 Å². The first-order valence-electron chi connectivity index (χ1n) is 6.14. The molecule has 0 fully saturated rings. The highest BCUT2D eigenvalue weighted by Gasteiger charge is 2.20. The van der Waals surface area contributed by atoms with E-state index in [1.165, 1.54) is 23.5 Å². The molecule has 2 nitrogen and oxygen atoms in total. The summed E-state index contributed by atoms with van der Waals surface area (Å²) in [5.41, 5.74) is 0.780. The molecule has 3 rings (SSSR count). The lowest BCUT2D eigenvalue weighted by Crippen LogP contribution is -2.10. The van der Waals surface area contributed by atoms with Crippen LogP contribution in [-0.4, -0.2) is 0 Å². The van der Waals surface area contributed by atoms with Crippen LogP contribution in [0.5, 0.6) is 0 Å². The zero-order valence-corrected chi connectivity index (χ0v) is 13.8. The number of nitrogens with one attached hydrogen (secondary N) is 1. The van der Waals surface area contributed by atoms with Crippen molar-refractivity contribution in [1.29, 1.82) is 0 Å². The van der Waals surface area contributed by atoms with Crippen LogP contribution in [0.25, 0.3) is 0 Å². The molecule has 0 amide bonds. The third kappa shape index (κ3) is 3.31. The molecule has 2 aromatic heterocycles. The van der Waals surface area contributed by atoms with E-state index in [-0.39, 0.29) is 11.9 Å². The molecular formula is C15H10BrClFNOS. The zero-order chi connectivity index (χ0) is 14.8. The van der Waals surface area contributed by atoms with Crippen LogP contribution in [0.1, 0.15) is 16.7 Å². The Morgan fingerprint density at radius 3 is 2.71 bits per heavy atom. The van der Waals surface area contributed by atoms with Gasteiger partial charge in [-0.2, -0.15) is 0 Å². The Balaban J connectivity index is 1.96. The van der Waals surface area contributed by atoms with E-state index in [0.29, 0.717) is 8.81 Å². The highest BCUT2D eigenvalue weighted by molar-refractivity contribution is 9.10. The molecule has 0 saturated heterocycles. The number of thiophene rings is 1. The summed E-state index contributed by atoms with van der Waals surface area (Å²) in [6.45, 7) is 0. The minimum atomic E-state index is -0.291. The van der Waals surface area contributed by atoms with Crippen LogP contribution in [0, 0.1) is 5.82 Å². The summed E-state index contributed by atoms with van der Waals surface area (Å²) >= 11 is 10.9. The summed E-state index contributed by atoms with van der Waals surface area (Å²) < 4.78 is 20.1. The van der Waals surface area contributed by atoms with E-state index in [2.05, 4.69) is 21.2 Å². The van der Waals surface area contributed by atoms with Crippen LogP contribution < -0.4 is 5.32 Å². The number of hydrogen-bond donors (Lipinski definition) is 1. The van der Waals surface area contributed by atoms with E-state index in [0.717, 1.165) is 16.3 Å². The number of furan rings is 1. The Morgan fingerprint density at radius 1 is 1.24 bits per heavy atom. The molecule has 1 N–H and O–H groups in total. The van der Waals surface area contributed by atoms with E-state index < -0.39 is 0 Å². The number of anilines is 1. The van der Waals surface area contributed by atoms with Gasteiger partial charge in [-0.1, -0.05) is 11.6 Å². The predicted octanol–water partition coefficient (Wildman–Crippen LogP) is 6.10. The monoisotopic (exact) mass is 385 g/mol. The largest absolute Gasteiger partial charge is 0.467 e. The maximum atomic E-state index is 13.2. The summed E-state index contributed by atoms with van der Waals surface area (Å²) in [5, 5.41) is 3.35. The van der Waals surface area contributed by atoms with Gasteiger partial charge in [0.1, 0.15) is 17.6 Å². The van der Waals surface area contributed by atoms with Crippen LogP contribution in [0.2, 0.25) is 4.34 Å². The number of benzene rings is 1. The second-order valence-electron chi connectivity index (χ2n) is 4.36. The van der Waals surface area contributed by atoms with E-state index in [4.69, 9.17) is 16.0 Å². The average Bonchev–Trinajstić information content (AvgIpc) is 3.09. The molecule has 1 unspecified atom stereocenters. The fraction of sp³-hybridized carbons (Fsp3) is 0.0667. The molecule has 1 aromatic carbocycles. The van der Waals surface area contributed by atoms with Crippen molar-refractivity contribution in [2.75, 3.05) is 5.32 Å². The van der Waals surface area contributed by atoms with Gasteiger partial charge < -0.3 is 9.73 Å². The second-order valence-corrected chi connectivity index (χ2v) is 6.96. The molecule has 3 aromatic rings. The lowest BCUT2D eigenvalue weighted by Gasteiger charge is -2.17. The fourth-order valence-corrected chi connectivity index (χ4v) is 3.57. The number of rotatable bonds is 4. The molecule has 6 heteroatoms. The van der Waals surface area contributed by atoms with Crippen molar-refractivity contribution in [3.05, 3.63) is 74.0 Å². The van der Waals surface area contributed by atoms with E-state index >= 15 is 0 Å². The van der Waals surface area contributed by atoms with Crippen LogP contribution in [0.15, 0.2) is 57.6 Å². The zero-order valence-electron chi connectivity index (χ0n) is 10.6. The lowest BCUT2D eigenvalue weighted by atomic mass is 10.1. The molecule has 0 bridgehead atoms. The maximum absolute atomic E-state index is 13.2. The van der Waals surface area contributed by atoms with Crippen molar-refractivity contribution in [1.82, 2.24) is 0 Å². The minimum Gasteiger partial charge on any atom is -0.467 e. The Bertz CT molecular complexity index is 744. The Labute approximate surface area is 138 Å². The summed E-state index contributed by atoms with van der Waals surface area (Å²) in [4.78, 5) is 1.02. The molecule has 108 valence electrons. The predicted molar refractivity (Wildman–Crippen MR) is 87.6 cm³/mol. The molecular weight excluding hydrogens is 377 g/mol. The van der Waals surface area contributed by atoms with E-state index in [1.807, 2.05) is 24.3 Å². The summed E-state index contributed by atoms with van der Waals surface area (Å²) in [6, 6.07) is 11.9. The summed E-state index contributed by atoms with van der Waals surface area (Å²) in [6.07, 6.45) is 1.62. The van der Waals surface area contributed by atoms with Crippen LogP contribution in [0.3, 0.4) is 0 Å². The highest BCUT2D eigenvalue weighted by Crippen LogP contribution is 2.35. The van der Waals surface area contributed by atoms with Gasteiger partial charge in [-0.3, -0.25) is 0 Å². The van der Waals surface area contributed by atoms with Gasteiger partial charge in [0, 0.05) is 15.0 Å². The number of hydrogen-bond acceptors (Lipinski definition) is 3. The third-order valence-electron chi connectivity index (χ3n) is 2.94. The SMILES string of the molecule is Fc1ccc(NC(c2ccco2)c2ccc(Cl)s2)c(Br)c1. The minimum absolute atomic E-state index is 0.181.